The average molecular weight is 247 g/mol. The topological polar surface area (TPSA) is 28.2 Å². The highest BCUT2D eigenvalue weighted by Crippen LogP contribution is 2.15. The van der Waals surface area contributed by atoms with Gasteiger partial charge in [-0.25, -0.2) is 0 Å². The van der Waals surface area contributed by atoms with Gasteiger partial charge in [0.05, 0.1) is 0 Å². The van der Waals surface area contributed by atoms with Gasteiger partial charge in [-0.2, -0.15) is 0 Å². The van der Waals surface area contributed by atoms with Gasteiger partial charge in [0.25, 0.3) is 0 Å². The van der Waals surface area contributed by atoms with Crippen LogP contribution in [0.25, 0.3) is 0 Å². The molecular formula is C15H25N3. The molecule has 0 aliphatic carbocycles. The summed E-state index contributed by atoms with van der Waals surface area (Å²) >= 11 is 0. The molecule has 100 valence electrons. The van der Waals surface area contributed by atoms with Crippen molar-refractivity contribution in [3.63, 3.8) is 0 Å². The Hall–Kier alpha value is -0.930. The van der Waals surface area contributed by atoms with Crippen LogP contribution in [0, 0.1) is 6.92 Å². The van der Waals surface area contributed by atoms with E-state index < -0.39 is 0 Å². The first-order valence-corrected chi connectivity index (χ1v) is 7.15. The summed E-state index contributed by atoms with van der Waals surface area (Å²) in [5, 5.41) is 3.63. The highest BCUT2D eigenvalue weighted by atomic mass is 15.1. The number of nitrogens with one attached hydrogen (secondary N) is 1. The molecular weight excluding hydrogens is 222 g/mol. The lowest BCUT2D eigenvalue weighted by Gasteiger charge is -2.32. The molecule has 2 rings (SSSR count). The fourth-order valence-corrected chi connectivity index (χ4v) is 2.56. The van der Waals surface area contributed by atoms with Crippen molar-refractivity contribution in [3.05, 3.63) is 29.6 Å². The number of pyridine rings is 1. The summed E-state index contributed by atoms with van der Waals surface area (Å²) in [7, 11) is 0. The van der Waals surface area contributed by atoms with Crippen LogP contribution in [-0.2, 0) is 6.54 Å². The lowest BCUT2D eigenvalue weighted by Crippen LogP contribution is -2.42. The van der Waals surface area contributed by atoms with Crippen LogP contribution in [-0.4, -0.2) is 35.6 Å². The van der Waals surface area contributed by atoms with E-state index in [1.54, 1.807) is 0 Å². The molecule has 0 unspecified atom stereocenters. The zero-order valence-electron chi connectivity index (χ0n) is 11.7. The molecule has 0 atom stereocenters. The van der Waals surface area contributed by atoms with E-state index in [0.717, 1.165) is 19.1 Å². The molecule has 0 aromatic carbocycles. The molecule has 0 saturated carbocycles. The van der Waals surface area contributed by atoms with Gasteiger partial charge in [0.2, 0.25) is 0 Å². The Labute approximate surface area is 111 Å². The largest absolute Gasteiger partial charge is 0.314 e. The summed E-state index contributed by atoms with van der Waals surface area (Å²) in [5.41, 5.74) is 2.73. The van der Waals surface area contributed by atoms with Gasteiger partial charge >= 0.3 is 0 Å². The Kier molecular flexibility index (Phi) is 5.14. The predicted molar refractivity (Wildman–Crippen MR) is 75.6 cm³/mol. The Morgan fingerprint density at radius 1 is 1.39 bits per heavy atom. The molecule has 1 aliphatic rings. The molecule has 1 aromatic rings. The minimum absolute atomic E-state index is 0.736. The van der Waals surface area contributed by atoms with Crippen molar-refractivity contribution in [3.8, 4) is 0 Å². The average Bonchev–Trinajstić information content (AvgIpc) is 2.41. The van der Waals surface area contributed by atoms with Crippen molar-refractivity contribution in [1.82, 2.24) is 15.2 Å². The number of piperidine rings is 1. The Morgan fingerprint density at radius 2 is 2.17 bits per heavy atom. The second kappa shape index (κ2) is 6.86. The first-order chi connectivity index (χ1) is 8.79. The van der Waals surface area contributed by atoms with E-state index in [9.17, 15) is 0 Å². The van der Waals surface area contributed by atoms with Crippen LogP contribution in [0.1, 0.15) is 37.3 Å². The van der Waals surface area contributed by atoms with E-state index in [-0.39, 0.29) is 0 Å². The molecule has 3 nitrogen and oxygen atoms in total. The number of aromatic nitrogens is 1. The van der Waals surface area contributed by atoms with E-state index in [1.165, 1.54) is 43.5 Å². The lowest BCUT2D eigenvalue weighted by atomic mass is 10.0. The highest BCUT2D eigenvalue weighted by Gasteiger charge is 2.18. The molecule has 18 heavy (non-hydrogen) atoms. The Balaban J connectivity index is 1.78. The standard InChI is InChI=1S/C15H25N3/c1-3-7-17-15-5-9-18(10-6-15)12-14-4-8-16-11-13(14)2/h4,8,11,15,17H,3,5-7,9-10,12H2,1-2H3. The first kappa shape index (κ1) is 13.5. The van der Waals surface area contributed by atoms with Gasteiger partial charge in [0.15, 0.2) is 0 Å². The van der Waals surface area contributed by atoms with Crippen molar-refractivity contribution >= 4 is 0 Å². The van der Waals surface area contributed by atoms with Crippen LogP contribution in [0.3, 0.4) is 0 Å². The van der Waals surface area contributed by atoms with Gasteiger partial charge < -0.3 is 5.32 Å². The minimum atomic E-state index is 0.736. The number of hydrogen-bond acceptors (Lipinski definition) is 3. The quantitative estimate of drug-likeness (QED) is 0.865. The Morgan fingerprint density at radius 3 is 2.83 bits per heavy atom. The number of nitrogens with zero attached hydrogens (tertiary/aromatic N) is 2. The van der Waals surface area contributed by atoms with Gasteiger partial charge in [-0.15, -0.1) is 0 Å². The maximum absolute atomic E-state index is 4.16. The van der Waals surface area contributed by atoms with Crippen LogP contribution in [0.4, 0.5) is 0 Å². The summed E-state index contributed by atoms with van der Waals surface area (Å²) in [6.07, 6.45) is 7.66. The van der Waals surface area contributed by atoms with Gasteiger partial charge in [-0.05, 0) is 63.0 Å². The van der Waals surface area contributed by atoms with Crippen molar-refractivity contribution < 1.29 is 0 Å². The van der Waals surface area contributed by atoms with Gasteiger partial charge in [0.1, 0.15) is 0 Å². The fraction of sp³-hybridized carbons (Fsp3) is 0.667. The Bertz CT molecular complexity index is 357. The summed E-state index contributed by atoms with van der Waals surface area (Å²) in [6.45, 7) is 9.04. The molecule has 1 fully saturated rings. The molecule has 1 aromatic heterocycles. The second-order valence-corrected chi connectivity index (χ2v) is 5.31. The third-order valence-electron chi connectivity index (χ3n) is 3.80. The third kappa shape index (κ3) is 3.79. The molecule has 1 saturated heterocycles. The molecule has 1 aliphatic heterocycles. The van der Waals surface area contributed by atoms with E-state index in [1.807, 2.05) is 12.4 Å². The van der Waals surface area contributed by atoms with Crippen LogP contribution in [0.5, 0.6) is 0 Å². The zero-order chi connectivity index (χ0) is 12.8. The maximum Gasteiger partial charge on any atom is 0.0300 e. The number of hydrogen-bond donors (Lipinski definition) is 1. The van der Waals surface area contributed by atoms with Crippen LogP contribution >= 0.6 is 0 Å². The molecule has 0 amide bonds. The predicted octanol–water partition coefficient (Wildman–Crippen LogP) is 2.35. The summed E-state index contributed by atoms with van der Waals surface area (Å²) < 4.78 is 0. The maximum atomic E-state index is 4.16. The SMILES string of the molecule is CCCNC1CCN(Cc2ccncc2C)CC1. The summed E-state index contributed by atoms with van der Waals surface area (Å²) in [5.74, 6) is 0. The van der Waals surface area contributed by atoms with Gasteiger partial charge in [-0.3, -0.25) is 9.88 Å². The number of rotatable bonds is 5. The van der Waals surface area contributed by atoms with Crippen molar-refractivity contribution in [2.45, 2.75) is 45.7 Å². The lowest BCUT2D eigenvalue weighted by molar-refractivity contribution is 0.190. The second-order valence-electron chi connectivity index (χ2n) is 5.31. The monoisotopic (exact) mass is 247 g/mol. The first-order valence-electron chi connectivity index (χ1n) is 7.15. The summed E-state index contributed by atoms with van der Waals surface area (Å²) in [4.78, 5) is 6.72. The van der Waals surface area contributed by atoms with Gasteiger partial charge in [0, 0.05) is 25.0 Å². The van der Waals surface area contributed by atoms with Crippen LogP contribution < -0.4 is 5.32 Å². The van der Waals surface area contributed by atoms with E-state index >= 15 is 0 Å². The molecule has 3 heteroatoms. The van der Waals surface area contributed by atoms with E-state index in [2.05, 4.69) is 35.1 Å². The van der Waals surface area contributed by atoms with E-state index in [0.29, 0.717) is 0 Å². The molecule has 0 bridgehead atoms. The smallest absolute Gasteiger partial charge is 0.0300 e. The normalized spacial score (nSPS) is 18.1. The molecule has 0 radical (unpaired) electrons. The fourth-order valence-electron chi connectivity index (χ4n) is 2.56. The zero-order valence-corrected chi connectivity index (χ0v) is 11.7. The molecule has 0 spiro atoms. The molecule has 1 N–H and O–H groups in total. The van der Waals surface area contributed by atoms with Crippen molar-refractivity contribution in [2.24, 2.45) is 0 Å². The number of likely N-dealkylation sites (tertiary alicyclic amines) is 1. The van der Waals surface area contributed by atoms with Crippen molar-refractivity contribution in [1.29, 1.82) is 0 Å². The minimum Gasteiger partial charge on any atom is -0.314 e. The van der Waals surface area contributed by atoms with Crippen LogP contribution in [0.15, 0.2) is 18.5 Å². The van der Waals surface area contributed by atoms with E-state index in [4.69, 9.17) is 0 Å². The number of aryl methyl sites for hydroxylation is 1. The van der Waals surface area contributed by atoms with Crippen molar-refractivity contribution in [2.75, 3.05) is 19.6 Å². The van der Waals surface area contributed by atoms with Crippen LogP contribution in [0.2, 0.25) is 0 Å². The summed E-state index contributed by atoms with van der Waals surface area (Å²) in [6, 6.07) is 2.89. The van der Waals surface area contributed by atoms with Gasteiger partial charge in [-0.1, -0.05) is 6.92 Å². The molecule has 2 heterocycles. The third-order valence-corrected chi connectivity index (χ3v) is 3.80. The highest BCUT2D eigenvalue weighted by molar-refractivity contribution is 5.21.